The van der Waals surface area contributed by atoms with Gasteiger partial charge in [0.25, 0.3) is 0 Å². The van der Waals surface area contributed by atoms with Gasteiger partial charge in [-0.05, 0) is 31.2 Å². The van der Waals surface area contributed by atoms with E-state index >= 15 is 0 Å². The molecule has 0 amide bonds. The highest BCUT2D eigenvalue weighted by Crippen LogP contribution is 2.36. The van der Waals surface area contributed by atoms with Crippen LogP contribution in [0.3, 0.4) is 0 Å². The SMILES string of the molecule is CC(O)c1ccc(-c2c(Cl)ccc3nsnc23)o1. The fourth-order valence-corrected chi connectivity index (χ4v) is 2.56. The molecule has 2 heterocycles. The van der Waals surface area contributed by atoms with Gasteiger partial charge in [-0.25, -0.2) is 0 Å². The number of halogens is 1. The molecule has 0 bridgehead atoms. The van der Waals surface area contributed by atoms with Crippen molar-refractivity contribution in [2.45, 2.75) is 13.0 Å². The second-order valence-corrected chi connectivity index (χ2v) is 4.87. The van der Waals surface area contributed by atoms with E-state index < -0.39 is 6.10 Å². The van der Waals surface area contributed by atoms with E-state index in [0.717, 1.165) is 28.3 Å². The van der Waals surface area contributed by atoms with Crippen LogP contribution in [0.15, 0.2) is 28.7 Å². The number of aromatic nitrogens is 2. The van der Waals surface area contributed by atoms with Crippen molar-refractivity contribution in [3.05, 3.63) is 35.0 Å². The lowest BCUT2D eigenvalue weighted by molar-refractivity contribution is 0.170. The number of hydrogen-bond donors (Lipinski definition) is 1. The summed E-state index contributed by atoms with van der Waals surface area (Å²) in [5.41, 5.74) is 2.23. The molecule has 0 spiro atoms. The Hall–Kier alpha value is -1.43. The number of aliphatic hydroxyl groups is 1. The average Bonchev–Trinajstić information content (AvgIpc) is 2.95. The zero-order valence-corrected chi connectivity index (χ0v) is 11.0. The Balaban J connectivity index is 2.23. The van der Waals surface area contributed by atoms with Gasteiger partial charge in [-0.15, -0.1) is 0 Å². The lowest BCUT2D eigenvalue weighted by Gasteiger charge is -2.02. The average molecular weight is 281 g/mol. The fraction of sp³-hybridized carbons (Fsp3) is 0.167. The highest BCUT2D eigenvalue weighted by Gasteiger charge is 2.16. The number of rotatable bonds is 2. The molecule has 0 fully saturated rings. The Morgan fingerprint density at radius 2 is 2.11 bits per heavy atom. The van der Waals surface area contributed by atoms with E-state index in [0.29, 0.717) is 16.5 Å². The predicted octanol–water partition coefficient (Wildman–Crippen LogP) is 3.66. The van der Waals surface area contributed by atoms with E-state index in [1.54, 1.807) is 25.1 Å². The van der Waals surface area contributed by atoms with Crippen molar-refractivity contribution in [2.75, 3.05) is 0 Å². The van der Waals surface area contributed by atoms with E-state index in [-0.39, 0.29) is 0 Å². The summed E-state index contributed by atoms with van der Waals surface area (Å²) in [5, 5.41) is 10.0. The minimum absolute atomic E-state index is 0.501. The molecule has 3 aromatic rings. The van der Waals surface area contributed by atoms with Crippen LogP contribution in [0.2, 0.25) is 5.02 Å². The Bertz CT molecular complexity index is 705. The lowest BCUT2D eigenvalue weighted by Crippen LogP contribution is -1.86. The molecule has 1 unspecified atom stereocenters. The molecule has 1 aromatic carbocycles. The van der Waals surface area contributed by atoms with Crippen LogP contribution < -0.4 is 0 Å². The van der Waals surface area contributed by atoms with Crippen molar-refractivity contribution in [1.29, 1.82) is 0 Å². The first kappa shape index (κ1) is 11.6. The first-order valence-electron chi connectivity index (χ1n) is 5.36. The maximum absolute atomic E-state index is 9.47. The molecule has 4 nitrogen and oxygen atoms in total. The summed E-state index contributed by atoms with van der Waals surface area (Å²) in [6.45, 7) is 1.65. The predicted molar refractivity (Wildman–Crippen MR) is 70.8 cm³/mol. The number of benzene rings is 1. The van der Waals surface area contributed by atoms with Gasteiger partial charge in [0.15, 0.2) is 0 Å². The van der Waals surface area contributed by atoms with Crippen molar-refractivity contribution in [3.63, 3.8) is 0 Å². The van der Waals surface area contributed by atoms with E-state index in [1.807, 2.05) is 6.07 Å². The van der Waals surface area contributed by atoms with E-state index in [1.165, 1.54) is 0 Å². The zero-order valence-electron chi connectivity index (χ0n) is 9.42. The number of aliphatic hydroxyl groups excluding tert-OH is 1. The highest BCUT2D eigenvalue weighted by molar-refractivity contribution is 7.00. The van der Waals surface area contributed by atoms with Crippen LogP contribution in [0.4, 0.5) is 0 Å². The standard InChI is InChI=1S/C12H9ClN2O2S/c1-6(16)9-4-5-10(17-9)11-7(13)2-3-8-12(11)15-18-14-8/h2-6,16H,1H3. The normalized spacial score (nSPS) is 13.1. The molecule has 0 aliphatic rings. The molecule has 18 heavy (non-hydrogen) atoms. The molecule has 6 heteroatoms. The highest BCUT2D eigenvalue weighted by atomic mass is 35.5. The minimum Gasteiger partial charge on any atom is -0.458 e. The summed E-state index contributed by atoms with van der Waals surface area (Å²) in [7, 11) is 0. The van der Waals surface area contributed by atoms with Gasteiger partial charge >= 0.3 is 0 Å². The van der Waals surface area contributed by atoms with Crippen molar-refractivity contribution in [1.82, 2.24) is 8.75 Å². The molecule has 2 aromatic heterocycles. The van der Waals surface area contributed by atoms with E-state index in [4.69, 9.17) is 16.0 Å². The van der Waals surface area contributed by atoms with Gasteiger partial charge in [0, 0.05) is 0 Å². The Kier molecular flexibility index (Phi) is 2.81. The van der Waals surface area contributed by atoms with Gasteiger partial charge in [0.2, 0.25) is 0 Å². The van der Waals surface area contributed by atoms with E-state index in [2.05, 4.69) is 8.75 Å². The van der Waals surface area contributed by atoms with Crippen molar-refractivity contribution >= 4 is 34.4 Å². The summed E-state index contributed by atoms with van der Waals surface area (Å²) >= 11 is 7.33. The minimum atomic E-state index is -0.648. The molecule has 92 valence electrons. The number of fused-ring (bicyclic) bond motifs is 1. The van der Waals surface area contributed by atoms with Gasteiger partial charge in [-0.3, -0.25) is 0 Å². The maximum atomic E-state index is 9.47. The topological polar surface area (TPSA) is 59.2 Å². The summed E-state index contributed by atoms with van der Waals surface area (Å²) < 4.78 is 14.0. The van der Waals surface area contributed by atoms with Crippen molar-refractivity contribution in [3.8, 4) is 11.3 Å². The Morgan fingerprint density at radius 1 is 1.28 bits per heavy atom. The second kappa shape index (κ2) is 4.35. The lowest BCUT2D eigenvalue weighted by atomic mass is 10.1. The molecular formula is C12H9ClN2O2S. The van der Waals surface area contributed by atoms with Crippen LogP contribution in [-0.2, 0) is 0 Å². The van der Waals surface area contributed by atoms with Crippen molar-refractivity contribution in [2.24, 2.45) is 0 Å². The van der Waals surface area contributed by atoms with Crippen LogP contribution >= 0.6 is 23.3 Å². The van der Waals surface area contributed by atoms with Gasteiger partial charge in [0.1, 0.15) is 28.7 Å². The van der Waals surface area contributed by atoms with Crippen molar-refractivity contribution < 1.29 is 9.52 Å². The summed E-state index contributed by atoms with van der Waals surface area (Å²) in [6, 6.07) is 7.10. The number of hydrogen-bond acceptors (Lipinski definition) is 5. The van der Waals surface area contributed by atoms with Crippen LogP contribution in [0.5, 0.6) is 0 Å². The zero-order chi connectivity index (χ0) is 12.7. The van der Waals surface area contributed by atoms with Gasteiger partial charge in [0.05, 0.1) is 22.3 Å². The first-order valence-corrected chi connectivity index (χ1v) is 6.46. The quantitative estimate of drug-likeness (QED) is 0.778. The van der Waals surface area contributed by atoms with Crippen LogP contribution in [-0.4, -0.2) is 13.9 Å². The molecule has 3 rings (SSSR count). The van der Waals surface area contributed by atoms with Crippen LogP contribution in [0.25, 0.3) is 22.4 Å². The summed E-state index contributed by atoms with van der Waals surface area (Å²) in [4.78, 5) is 0. The molecule has 0 aliphatic carbocycles. The Labute approximate surface area is 112 Å². The third kappa shape index (κ3) is 1.80. The molecule has 1 N–H and O–H groups in total. The van der Waals surface area contributed by atoms with Gasteiger partial charge in [-0.2, -0.15) is 8.75 Å². The van der Waals surface area contributed by atoms with E-state index in [9.17, 15) is 5.11 Å². The molecule has 1 atom stereocenters. The number of furan rings is 1. The molecular weight excluding hydrogens is 272 g/mol. The maximum Gasteiger partial charge on any atom is 0.138 e. The third-order valence-electron chi connectivity index (χ3n) is 2.66. The van der Waals surface area contributed by atoms with Crippen LogP contribution in [0, 0.1) is 0 Å². The summed E-state index contributed by atoms with van der Waals surface area (Å²) in [6.07, 6.45) is -0.648. The third-order valence-corrected chi connectivity index (χ3v) is 3.52. The number of nitrogens with zero attached hydrogens (tertiary/aromatic N) is 2. The van der Waals surface area contributed by atoms with Gasteiger partial charge < -0.3 is 9.52 Å². The fourth-order valence-electron chi connectivity index (χ4n) is 1.77. The molecule has 0 saturated carbocycles. The van der Waals surface area contributed by atoms with Crippen LogP contribution in [0.1, 0.15) is 18.8 Å². The smallest absolute Gasteiger partial charge is 0.138 e. The Morgan fingerprint density at radius 3 is 2.83 bits per heavy atom. The first-order chi connectivity index (χ1) is 8.66. The molecule has 0 radical (unpaired) electrons. The monoisotopic (exact) mass is 280 g/mol. The van der Waals surface area contributed by atoms with Gasteiger partial charge in [-0.1, -0.05) is 11.6 Å². The molecule has 0 saturated heterocycles. The largest absolute Gasteiger partial charge is 0.458 e. The second-order valence-electron chi connectivity index (χ2n) is 3.93. The summed E-state index contributed by atoms with van der Waals surface area (Å²) in [5.74, 6) is 1.09. The molecule has 0 aliphatic heterocycles.